The Morgan fingerprint density at radius 3 is 2.50 bits per heavy atom. The van der Waals surface area contributed by atoms with E-state index in [2.05, 4.69) is 10.3 Å². The van der Waals surface area contributed by atoms with Crippen molar-refractivity contribution < 1.29 is 9.47 Å². The number of methoxy groups -OCH3 is 2. The predicted molar refractivity (Wildman–Crippen MR) is 85.4 cm³/mol. The van der Waals surface area contributed by atoms with Gasteiger partial charge in [0.25, 0.3) is 0 Å². The minimum absolute atomic E-state index is 0. The Morgan fingerprint density at radius 1 is 1.28 bits per heavy atom. The number of nitrogens with two attached hydrogens (primary N) is 1. The summed E-state index contributed by atoms with van der Waals surface area (Å²) in [5, 5.41) is 2.99. The Balaban J connectivity index is 0.00000289. The average molecular weight is 365 g/mol. The minimum Gasteiger partial charge on any atom is -0.493 e. The number of hydrogen-bond donors (Lipinski definition) is 2. The fourth-order valence-corrected chi connectivity index (χ4v) is 1.33. The summed E-state index contributed by atoms with van der Waals surface area (Å²) in [4.78, 5) is 4.15. The quantitative estimate of drug-likeness (QED) is 0.478. The summed E-state index contributed by atoms with van der Waals surface area (Å²) < 4.78 is 10.3. The van der Waals surface area contributed by atoms with Gasteiger partial charge in [-0.1, -0.05) is 6.92 Å². The summed E-state index contributed by atoms with van der Waals surface area (Å²) in [7, 11) is 3.19. The van der Waals surface area contributed by atoms with Crippen LogP contribution in [0.3, 0.4) is 0 Å². The Bertz CT molecular complexity index is 397. The predicted octanol–water partition coefficient (Wildman–Crippen LogP) is 2.46. The van der Waals surface area contributed by atoms with Gasteiger partial charge in [0.05, 0.1) is 14.2 Å². The Morgan fingerprint density at radius 2 is 1.94 bits per heavy atom. The monoisotopic (exact) mass is 365 g/mol. The molecule has 0 fully saturated rings. The van der Waals surface area contributed by atoms with Crippen LogP contribution in [0.4, 0.5) is 5.69 Å². The smallest absolute Gasteiger partial charge is 0.193 e. The Kier molecular flexibility index (Phi) is 8.27. The number of hydrogen-bond acceptors (Lipinski definition) is 3. The van der Waals surface area contributed by atoms with Gasteiger partial charge in [-0.15, -0.1) is 24.0 Å². The summed E-state index contributed by atoms with van der Waals surface area (Å²) >= 11 is 0. The van der Waals surface area contributed by atoms with E-state index >= 15 is 0 Å². The van der Waals surface area contributed by atoms with Crippen molar-refractivity contribution >= 4 is 35.6 Å². The van der Waals surface area contributed by atoms with Crippen LogP contribution in [0.5, 0.6) is 11.5 Å². The third-order valence-electron chi connectivity index (χ3n) is 2.16. The number of benzene rings is 1. The Labute approximate surface area is 125 Å². The summed E-state index contributed by atoms with van der Waals surface area (Å²) in [5.74, 6) is 1.74. The lowest BCUT2D eigenvalue weighted by molar-refractivity contribution is 0.355. The number of guanidine groups is 1. The van der Waals surface area contributed by atoms with Crippen molar-refractivity contribution in [1.82, 2.24) is 0 Å². The molecule has 0 spiro atoms. The van der Waals surface area contributed by atoms with E-state index in [9.17, 15) is 0 Å². The molecule has 0 heterocycles. The maximum Gasteiger partial charge on any atom is 0.193 e. The lowest BCUT2D eigenvalue weighted by Crippen LogP contribution is -2.22. The standard InChI is InChI=1S/C12H19N3O2.HI/c1-4-7-14-12(13)15-9-5-6-10(16-2)11(8-9)17-3;/h5-6,8H,4,7H2,1-3H3,(H3,13,14,15);1H. The normalized spacial score (nSPS) is 10.5. The number of rotatable bonds is 5. The summed E-state index contributed by atoms with van der Waals surface area (Å²) in [6.45, 7) is 2.76. The molecule has 18 heavy (non-hydrogen) atoms. The van der Waals surface area contributed by atoms with Crippen LogP contribution in [0.25, 0.3) is 0 Å². The number of anilines is 1. The molecule has 0 aliphatic carbocycles. The van der Waals surface area contributed by atoms with Crippen LogP contribution in [0.2, 0.25) is 0 Å². The zero-order valence-electron chi connectivity index (χ0n) is 10.9. The number of halogens is 1. The van der Waals surface area contributed by atoms with Gasteiger partial charge in [0.15, 0.2) is 17.5 Å². The van der Waals surface area contributed by atoms with Crippen LogP contribution >= 0.6 is 24.0 Å². The van der Waals surface area contributed by atoms with Gasteiger partial charge in [0, 0.05) is 18.3 Å². The van der Waals surface area contributed by atoms with Crippen LogP contribution in [-0.2, 0) is 0 Å². The van der Waals surface area contributed by atoms with Crippen molar-refractivity contribution in [2.24, 2.45) is 10.7 Å². The fraction of sp³-hybridized carbons (Fsp3) is 0.417. The number of ether oxygens (including phenoxy) is 2. The molecule has 0 saturated carbocycles. The van der Waals surface area contributed by atoms with Crippen molar-refractivity contribution in [3.8, 4) is 11.5 Å². The van der Waals surface area contributed by atoms with Gasteiger partial charge in [-0.3, -0.25) is 4.99 Å². The molecule has 3 N–H and O–H groups in total. The first kappa shape index (κ1) is 16.8. The second kappa shape index (κ2) is 8.84. The zero-order chi connectivity index (χ0) is 12.7. The van der Waals surface area contributed by atoms with Gasteiger partial charge < -0.3 is 20.5 Å². The number of nitrogens with zero attached hydrogens (tertiary/aromatic N) is 1. The SMILES string of the molecule is CCCN=C(N)Nc1ccc(OC)c(OC)c1.I. The van der Waals surface area contributed by atoms with Crippen LogP contribution in [0, 0.1) is 0 Å². The van der Waals surface area contributed by atoms with E-state index in [4.69, 9.17) is 15.2 Å². The molecule has 0 saturated heterocycles. The third kappa shape index (κ3) is 4.99. The van der Waals surface area contributed by atoms with Crippen molar-refractivity contribution in [2.75, 3.05) is 26.1 Å². The molecule has 0 amide bonds. The average Bonchev–Trinajstić information content (AvgIpc) is 2.36. The van der Waals surface area contributed by atoms with E-state index in [0.717, 1.165) is 12.1 Å². The van der Waals surface area contributed by atoms with E-state index in [1.807, 2.05) is 25.1 Å². The van der Waals surface area contributed by atoms with Crippen LogP contribution in [0.15, 0.2) is 23.2 Å². The first-order valence-corrected chi connectivity index (χ1v) is 5.50. The molecule has 6 heteroatoms. The molecular weight excluding hydrogens is 345 g/mol. The Hall–Kier alpha value is -1.18. The van der Waals surface area contributed by atoms with Crippen LogP contribution in [-0.4, -0.2) is 26.7 Å². The fourth-order valence-electron chi connectivity index (χ4n) is 1.33. The van der Waals surface area contributed by atoms with Gasteiger partial charge in [-0.25, -0.2) is 0 Å². The highest BCUT2D eigenvalue weighted by molar-refractivity contribution is 14.0. The summed E-state index contributed by atoms with van der Waals surface area (Å²) in [6.07, 6.45) is 0.967. The van der Waals surface area contributed by atoms with Crippen molar-refractivity contribution in [1.29, 1.82) is 0 Å². The lowest BCUT2D eigenvalue weighted by Gasteiger charge is -2.10. The van der Waals surface area contributed by atoms with Crippen molar-refractivity contribution in [3.05, 3.63) is 18.2 Å². The maximum atomic E-state index is 5.72. The van der Waals surface area contributed by atoms with Crippen LogP contribution < -0.4 is 20.5 Å². The highest BCUT2D eigenvalue weighted by atomic mass is 127. The molecule has 0 atom stereocenters. The molecule has 0 bridgehead atoms. The highest BCUT2D eigenvalue weighted by Crippen LogP contribution is 2.29. The van der Waals surface area contributed by atoms with E-state index in [1.165, 1.54) is 0 Å². The van der Waals surface area contributed by atoms with Gasteiger partial charge in [-0.05, 0) is 18.6 Å². The van der Waals surface area contributed by atoms with E-state index in [1.54, 1.807) is 14.2 Å². The van der Waals surface area contributed by atoms with E-state index in [0.29, 0.717) is 24.0 Å². The highest BCUT2D eigenvalue weighted by Gasteiger charge is 2.04. The minimum atomic E-state index is 0. The second-order valence-electron chi connectivity index (χ2n) is 3.46. The van der Waals surface area contributed by atoms with Crippen molar-refractivity contribution in [3.63, 3.8) is 0 Å². The molecule has 102 valence electrons. The zero-order valence-corrected chi connectivity index (χ0v) is 13.2. The molecule has 1 rings (SSSR count). The van der Waals surface area contributed by atoms with Gasteiger partial charge >= 0.3 is 0 Å². The first-order chi connectivity index (χ1) is 8.21. The largest absolute Gasteiger partial charge is 0.493 e. The molecule has 1 aromatic rings. The molecular formula is C12H20IN3O2. The van der Waals surface area contributed by atoms with Gasteiger partial charge in [-0.2, -0.15) is 0 Å². The molecule has 1 aromatic carbocycles. The molecule has 0 aromatic heterocycles. The maximum absolute atomic E-state index is 5.72. The van der Waals surface area contributed by atoms with Crippen molar-refractivity contribution in [2.45, 2.75) is 13.3 Å². The summed E-state index contributed by atoms with van der Waals surface area (Å²) in [6, 6.07) is 5.48. The number of nitrogens with one attached hydrogen (secondary N) is 1. The van der Waals surface area contributed by atoms with Gasteiger partial charge in [0.2, 0.25) is 0 Å². The molecule has 0 unspecified atom stereocenters. The molecule has 5 nitrogen and oxygen atoms in total. The third-order valence-corrected chi connectivity index (χ3v) is 2.16. The molecule has 0 radical (unpaired) electrons. The molecule has 0 aliphatic rings. The topological polar surface area (TPSA) is 68.9 Å². The van der Waals surface area contributed by atoms with Gasteiger partial charge in [0.1, 0.15) is 0 Å². The number of aliphatic imine (C=N–C) groups is 1. The van der Waals surface area contributed by atoms with Crippen LogP contribution in [0.1, 0.15) is 13.3 Å². The second-order valence-corrected chi connectivity index (χ2v) is 3.46. The van der Waals surface area contributed by atoms with E-state index in [-0.39, 0.29) is 24.0 Å². The lowest BCUT2D eigenvalue weighted by atomic mass is 10.3. The molecule has 0 aliphatic heterocycles. The summed E-state index contributed by atoms with van der Waals surface area (Å²) in [5.41, 5.74) is 6.54. The first-order valence-electron chi connectivity index (χ1n) is 5.50. The van der Waals surface area contributed by atoms with E-state index < -0.39 is 0 Å².